The molecule has 4 heteroatoms. The van der Waals surface area contributed by atoms with E-state index in [0.717, 1.165) is 25.1 Å². The van der Waals surface area contributed by atoms with Crippen molar-refractivity contribution in [3.05, 3.63) is 29.8 Å². The van der Waals surface area contributed by atoms with Crippen LogP contribution in [0.15, 0.2) is 24.3 Å². The van der Waals surface area contributed by atoms with E-state index in [2.05, 4.69) is 12.2 Å². The van der Waals surface area contributed by atoms with Gasteiger partial charge in [0.25, 0.3) is 5.91 Å². The molecule has 102 valence electrons. The van der Waals surface area contributed by atoms with E-state index in [1.807, 2.05) is 4.90 Å². The van der Waals surface area contributed by atoms with Gasteiger partial charge in [0.05, 0.1) is 0 Å². The molecule has 1 heterocycles. The molecule has 1 aliphatic heterocycles. The van der Waals surface area contributed by atoms with Crippen LogP contribution in [-0.4, -0.2) is 29.3 Å². The average molecular weight is 260 g/mol. The highest BCUT2D eigenvalue weighted by molar-refractivity contribution is 5.95. The standard InChI is InChI=1S/C15H20N2O2/c1-11-5-3-4-10-17(11)15(19)13-6-8-14(9-7-13)16-12(2)18/h6-9,11H,3-5,10H2,1-2H3,(H,16,18)/t11-/m1/s1. The lowest BCUT2D eigenvalue weighted by atomic mass is 10.0. The number of nitrogens with zero attached hydrogens (tertiary/aromatic N) is 1. The summed E-state index contributed by atoms with van der Waals surface area (Å²) in [5.41, 5.74) is 1.40. The summed E-state index contributed by atoms with van der Waals surface area (Å²) in [4.78, 5) is 25.3. The maximum atomic E-state index is 12.4. The van der Waals surface area contributed by atoms with Gasteiger partial charge in [-0.25, -0.2) is 0 Å². The smallest absolute Gasteiger partial charge is 0.254 e. The van der Waals surface area contributed by atoms with Crippen molar-refractivity contribution < 1.29 is 9.59 Å². The number of amides is 2. The molecule has 0 aliphatic carbocycles. The Hall–Kier alpha value is -1.84. The van der Waals surface area contributed by atoms with Crippen LogP contribution in [0.3, 0.4) is 0 Å². The fraction of sp³-hybridized carbons (Fsp3) is 0.467. The number of hydrogen-bond acceptors (Lipinski definition) is 2. The molecule has 0 saturated carbocycles. The first-order valence-electron chi connectivity index (χ1n) is 6.76. The molecular weight excluding hydrogens is 240 g/mol. The summed E-state index contributed by atoms with van der Waals surface area (Å²) in [6.07, 6.45) is 3.36. The molecule has 0 unspecified atom stereocenters. The Morgan fingerprint density at radius 2 is 1.89 bits per heavy atom. The van der Waals surface area contributed by atoms with E-state index >= 15 is 0 Å². The number of carbonyl (C=O) groups is 2. The summed E-state index contributed by atoms with van der Waals surface area (Å²) in [5, 5.41) is 2.70. The third kappa shape index (κ3) is 3.34. The van der Waals surface area contributed by atoms with Gasteiger partial charge >= 0.3 is 0 Å². The van der Waals surface area contributed by atoms with E-state index in [9.17, 15) is 9.59 Å². The molecule has 0 aromatic heterocycles. The van der Waals surface area contributed by atoms with Crippen molar-refractivity contribution in [3.63, 3.8) is 0 Å². The van der Waals surface area contributed by atoms with Gasteiger partial charge in [-0.3, -0.25) is 9.59 Å². The molecule has 1 aliphatic rings. The van der Waals surface area contributed by atoms with Crippen molar-refractivity contribution >= 4 is 17.5 Å². The summed E-state index contributed by atoms with van der Waals surface area (Å²) in [6, 6.07) is 7.40. The monoisotopic (exact) mass is 260 g/mol. The minimum atomic E-state index is -0.108. The highest BCUT2D eigenvalue weighted by Gasteiger charge is 2.23. The first-order chi connectivity index (χ1) is 9.08. The average Bonchev–Trinajstić information content (AvgIpc) is 2.39. The van der Waals surface area contributed by atoms with Crippen LogP contribution < -0.4 is 5.32 Å². The molecule has 19 heavy (non-hydrogen) atoms. The van der Waals surface area contributed by atoms with Crippen LogP contribution in [-0.2, 0) is 4.79 Å². The molecule has 0 spiro atoms. The van der Waals surface area contributed by atoms with Crippen LogP contribution in [0.25, 0.3) is 0 Å². The van der Waals surface area contributed by atoms with Gasteiger partial charge in [-0.1, -0.05) is 0 Å². The molecular formula is C15H20N2O2. The Morgan fingerprint density at radius 3 is 2.47 bits per heavy atom. The summed E-state index contributed by atoms with van der Waals surface area (Å²) in [7, 11) is 0. The Labute approximate surface area is 113 Å². The predicted octanol–water partition coefficient (Wildman–Crippen LogP) is 2.66. The van der Waals surface area contributed by atoms with Crippen LogP contribution in [0.4, 0.5) is 5.69 Å². The maximum Gasteiger partial charge on any atom is 0.254 e. The van der Waals surface area contributed by atoms with Crippen LogP contribution in [0.1, 0.15) is 43.5 Å². The van der Waals surface area contributed by atoms with Crippen LogP contribution in [0, 0.1) is 0 Å². The van der Waals surface area contributed by atoms with Gasteiger partial charge < -0.3 is 10.2 Å². The fourth-order valence-electron chi connectivity index (χ4n) is 2.47. The summed E-state index contributed by atoms with van der Waals surface area (Å²) >= 11 is 0. The van der Waals surface area contributed by atoms with E-state index in [4.69, 9.17) is 0 Å². The largest absolute Gasteiger partial charge is 0.336 e. The number of carbonyl (C=O) groups excluding carboxylic acids is 2. The topological polar surface area (TPSA) is 49.4 Å². The maximum absolute atomic E-state index is 12.4. The quantitative estimate of drug-likeness (QED) is 0.888. The van der Waals surface area contributed by atoms with Crippen LogP contribution >= 0.6 is 0 Å². The Bertz CT molecular complexity index is 468. The molecule has 2 amide bonds. The summed E-state index contributed by atoms with van der Waals surface area (Å²) in [6.45, 7) is 4.41. The van der Waals surface area contributed by atoms with E-state index in [-0.39, 0.29) is 11.8 Å². The Morgan fingerprint density at radius 1 is 1.21 bits per heavy atom. The second-order valence-electron chi connectivity index (χ2n) is 5.10. The molecule has 1 N–H and O–H groups in total. The van der Waals surface area contributed by atoms with Gasteiger partial charge in [0.1, 0.15) is 0 Å². The van der Waals surface area contributed by atoms with Crippen molar-refractivity contribution in [3.8, 4) is 0 Å². The van der Waals surface area contributed by atoms with Crippen molar-refractivity contribution in [2.24, 2.45) is 0 Å². The number of anilines is 1. The molecule has 0 bridgehead atoms. The van der Waals surface area contributed by atoms with Crippen molar-refractivity contribution in [2.75, 3.05) is 11.9 Å². The highest BCUT2D eigenvalue weighted by atomic mass is 16.2. The molecule has 2 rings (SSSR count). The van der Waals surface area contributed by atoms with Crippen molar-refractivity contribution in [1.82, 2.24) is 4.90 Å². The molecule has 4 nitrogen and oxygen atoms in total. The predicted molar refractivity (Wildman–Crippen MR) is 75.1 cm³/mol. The molecule has 1 saturated heterocycles. The number of piperidine rings is 1. The van der Waals surface area contributed by atoms with Gasteiger partial charge in [-0.15, -0.1) is 0 Å². The Balaban J connectivity index is 2.08. The van der Waals surface area contributed by atoms with E-state index < -0.39 is 0 Å². The zero-order chi connectivity index (χ0) is 13.8. The highest BCUT2D eigenvalue weighted by Crippen LogP contribution is 2.20. The van der Waals surface area contributed by atoms with Gasteiger partial charge in [0.15, 0.2) is 0 Å². The molecule has 1 fully saturated rings. The number of nitrogens with one attached hydrogen (secondary N) is 1. The van der Waals surface area contributed by atoms with E-state index in [1.54, 1.807) is 24.3 Å². The van der Waals surface area contributed by atoms with Crippen molar-refractivity contribution in [1.29, 1.82) is 0 Å². The fourth-order valence-corrected chi connectivity index (χ4v) is 2.47. The zero-order valence-electron chi connectivity index (χ0n) is 11.5. The summed E-state index contributed by atoms with van der Waals surface area (Å²) < 4.78 is 0. The first kappa shape index (κ1) is 13.6. The number of likely N-dealkylation sites (tertiary alicyclic amines) is 1. The lowest BCUT2D eigenvalue weighted by molar-refractivity contribution is -0.114. The molecule has 1 aromatic carbocycles. The third-order valence-electron chi connectivity index (χ3n) is 3.52. The molecule has 0 radical (unpaired) electrons. The number of hydrogen-bond donors (Lipinski definition) is 1. The molecule has 1 aromatic rings. The van der Waals surface area contributed by atoms with Gasteiger partial charge in [-0.2, -0.15) is 0 Å². The van der Waals surface area contributed by atoms with Gasteiger partial charge in [0, 0.05) is 30.8 Å². The minimum absolute atomic E-state index is 0.0848. The SMILES string of the molecule is CC(=O)Nc1ccc(C(=O)N2CCCC[C@H]2C)cc1. The van der Waals surface area contributed by atoms with Crippen LogP contribution in [0.2, 0.25) is 0 Å². The van der Waals surface area contributed by atoms with E-state index in [0.29, 0.717) is 11.6 Å². The minimum Gasteiger partial charge on any atom is -0.336 e. The second kappa shape index (κ2) is 5.87. The van der Waals surface area contributed by atoms with E-state index in [1.165, 1.54) is 13.3 Å². The number of benzene rings is 1. The lowest BCUT2D eigenvalue weighted by Crippen LogP contribution is -2.42. The second-order valence-corrected chi connectivity index (χ2v) is 5.10. The third-order valence-corrected chi connectivity index (χ3v) is 3.52. The van der Waals surface area contributed by atoms with Gasteiger partial charge in [-0.05, 0) is 50.5 Å². The lowest BCUT2D eigenvalue weighted by Gasteiger charge is -2.33. The first-order valence-corrected chi connectivity index (χ1v) is 6.76. The van der Waals surface area contributed by atoms with Gasteiger partial charge in [0.2, 0.25) is 5.91 Å². The number of rotatable bonds is 2. The normalized spacial score (nSPS) is 19.1. The van der Waals surface area contributed by atoms with Crippen LogP contribution in [0.5, 0.6) is 0 Å². The molecule has 1 atom stereocenters. The Kier molecular flexibility index (Phi) is 4.20. The zero-order valence-corrected chi connectivity index (χ0v) is 11.5. The summed E-state index contributed by atoms with van der Waals surface area (Å²) in [5.74, 6) is -0.0229. The van der Waals surface area contributed by atoms with Crippen molar-refractivity contribution in [2.45, 2.75) is 39.2 Å².